The molecule has 0 saturated carbocycles. The van der Waals surface area contributed by atoms with Gasteiger partial charge in [-0.2, -0.15) is 0 Å². The Morgan fingerprint density at radius 1 is 1.33 bits per heavy atom. The summed E-state index contributed by atoms with van der Waals surface area (Å²) in [5, 5.41) is 12.3. The Morgan fingerprint density at radius 3 is 2.71 bits per heavy atom. The van der Waals surface area contributed by atoms with Crippen molar-refractivity contribution in [1.29, 1.82) is 0 Å². The van der Waals surface area contributed by atoms with Gasteiger partial charge in [0, 0.05) is 37.4 Å². The highest BCUT2D eigenvalue weighted by Crippen LogP contribution is 2.36. The van der Waals surface area contributed by atoms with Crippen molar-refractivity contribution in [1.82, 2.24) is 4.90 Å². The maximum absolute atomic E-state index is 14.3. The van der Waals surface area contributed by atoms with Gasteiger partial charge in [0.25, 0.3) is 5.91 Å². The molecule has 2 N–H and O–H groups in total. The van der Waals surface area contributed by atoms with E-state index in [2.05, 4.69) is 17.1 Å². The molecule has 0 aliphatic carbocycles. The summed E-state index contributed by atoms with van der Waals surface area (Å²) in [5.41, 5.74) is 1.34. The van der Waals surface area contributed by atoms with Crippen LogP contribution in [0.15, 0.2) is 12.1 Å². The minimum absolute atomic E-state index is 0.325. The van der Waals surface area contributed by atoms with Gasteiger partial charge in [-0.1, -0.05) is 6.92 Å². The lowest BCUT2D eigenvalue weighted by Crippen LogP contribution is -2.46. The fourth-order valence-corrected chi connectivity index (χ4v) is 3.02. The number of fused-ring (bicyclic) bond motifs is 1. The van der Waals surface area contributed by atoms with Gasteiger partial charge in [-0.25, -0.2) is 4.39 Å². The van der Waals surface area contributed by atoms with E-state index < -0.39 is 12.0 Å². The molecule has 6 heteroatoms. The number of piperazine rings is 1. The van der Waals surface area contributed by atoms with E-state index in [-0.39, 0.29) is 5.82 Å². The van der Waals surface area contributed by atoms with E-state index in [1.807, 2.05) is 4.90 Å². The molecular weight excluding hydrogens is 273 g/mol. The second kappa shape index (κ2) is 5.61. The number of carbonyl (C=O) groups is 1. The van der Waals surface area contributed by atoms with E-state index in [1.54, 1.807) is 6.07 Å². The number of hydrogen-bond donors (Lipinski definition) is 2. The number of nitrogens with zero attached hydrogens (tertiary/aromatic N) is 2. The van der Waals surface area contributed by atoms with Crippen LogP contribution in [-0.4, -0.2) is 48.6 Å². The average molecular weight is 293 g/mol. The first kappa shape index (κ1) is 14.3. The number of benzene rings is 1. The van der Waals surface area contributed by atoms with E-state index in [0.717, 1.165) is 39.1 Å². The largest absolute Gasteiger partial charge is 0.378 e. The molecule has 5 nitrogen and oxygen atoms in total. The smallest absolute Gasteiger partial charge is 0.257 e. The van der Waals surface area contributed by atoms with Crippen LogP contribution in [0.3, 0.4) is 0 Å². The van der Waals surface area contributed by atoms with Crippen LogP contribution >= 0.6 is 0 Å². The van der Waals surface area contributed by atoms with Crippen molar-refractivity contribution in [3.8, 4) is 0 Å². The summed E-state index contributed by atoms with van der Waals surface area (Å²) in [5.74, 6) is -0.873. The Balaban J connectivity index is 1.78. The fourth-order valence-electron chi connectivity index (χ4n) is 3.02. The third kappa shape index (κ3) is 2.61. The second-order valence-electron chi connectivity index (χ2n) is 5.61. The molecule has 114 valence electrons. The Hall–Kier alpha value is -1.66. The third-order valence-electron chi connectivity index (χ3n) is 4.17. The molecule has 1 unspecified atom stereocenters. The predicted molar refractivity (Wildman–Crippen MR) is 78.9 cm³/mol. The number of anilines is 2. The normalized spacial score (nSPS) is 22.3. The van der Waals surface area contributed by atoms with E-state index in [1.165, 1.54) is 6.07 Å². The first-order valence-corrected chi connectivity index (χ1v) is 7.40. The van der Waals surface area contributed by atoms with Crippen LogP contribution in [0, 0.1) is 5.82 Å². The predicted octanol–water partition coefficient (Wildman–Crippen LogP) is 1.34. The number of amides is 1. The summed E-state index contributed by atoms with van der Waals surface area (Å²) in [6.45, 7) is 6.60. The van der Waals surface area contributed by atoms with Gasteiger partial charge in [0.15, 0.2) is 6.10 Å². The van der Waals surface area contributed by atoms with Crippen molar-refractivity contribution in [3.63, 3.8) is 0 Å². The molecule has 2 heterocycles. The minimum atomic E-state index is -1.26. The van der Waals surface area contributed by atoms with Gasteiger partial charge in [0.05, 0.1) is 5.69 Å². The average Bonchev–Trinajstić information content (AvgIpc) is 2.75. The zero-order valence-electron chi connectivity index (χ0n) is 12.1. The van der Waals surface area contributed by atoms with E-state index in [9.17, 15) is 14.3 Å². The monoisotopic (exact) mass is 293 g/mol. The standard InChI is InChI=1S/C15H20FN3O2/c1-2-3-18-4-6-19(7-5-18)13-9-12-10(8-11(13)16)14(20)15(21)17-12/h8-9,14,20H,2-7H2,1H3,(H,17,21). The Labute approximate surface area is 123 Å². The van der Waals surface area contributed by atoms with Crippen LogP contribution in [0.5, 0.6) is 0 Å². The fraction of sp³-hybridized carbons (Fsp3) is 0.533. The van der Waals surface area contributed by atoms with Crippen LogP contribution in [-0.2, 0) is 4.79 Å². The van der Waals surface area contributed by atoms with Gasteiger partial charge in [0.2, 0.25) is 0 Å². The highest BCUT2D eigenvalue weighted by Gasteiger charge is 2.31. The summed E-state index contributed by atoms with van der Waals surface area (Å²) in [7, 11) is 0. The zero-order chi connectivity index (χ0) is 15.0. The molecule has 0 bridgehead atoms. The van der Waals surface area contributed by atoms with Gasteiger partial charge < -0.3 is 15.3 Å². The molecule has 1 aromatic rings. The summed E-state index contributed by atoms with van der Waals surface area (Å²) < 4.78 is 14.3. The number of halogens is 1. The van der Waals surface area contributed by atoms with Crippen molar-refractivity contribution in [3.05, 3.63) is 23.5 Å². The number of aliphatic hydroxyl groups excluding tert-OH is 1. The Morgan fingerprint density at radius 2 is 2.05 bits per heavy atom. The van der Waals surface area contributed by atoms with Gasteiger partial charge in [-0.05, 0) is 25.1 Å². The molecule has 21 heavy (non-hydrogen) atoms. The van der Waals surface area contributed by atoms with Crippen LogP contribution in [0.2, 0.25) is 0 Å². The molecule has 2 aliphatic rings. The molecular formula is C15H20FN3O2. The molecule has 2 aliphatic heterocycles. The SMILES string of the molecule is CCCN1CCN(c2cc3c(cc2F)C(O)C(=O)N3)CC1. The zero-order valence-corrected chi connectivity index (χ0v) is 12.1. The summed E-state index contributed by atoms with van der Waals surface area (Å²) in [6.07, 6.45) is -0.137. The van der Waals surface area contributed by atoms with Gasteiger partial charge in [0.1, 0.15) is 5.82 Å². The van der Waals surface area contributed by atoms with Crippen molar-refractivity contribution in [2.45, 2.75) is 19.4 Å². The van der Waals surface area contributed by atoms with Crippen molar-refractivity contribution >= 4 is 17.3 Å². The van der Waals surface area contributed by atoms with Crippen molar-refractivity contribution < 1.29 is 14.3 Å². The first-order chi connectivity index (χ1) is 10.1. The lowest BCUT2D eigenvalue weighted by atomic mass is 10.1. The number of carbonyl (C=O) groups excluding carboxylic acids is 1. The van der Waals surface area contributed by atoms with E-state index >= 15 is 0 Å². The first-order valence-electron chi connectivity index (χ1n) is 7.40. The number of nitrogens with one attached hydrogen (secondary N) is 1. The van der Waals surface area contributed by atoms with E-state index in [0.29, 0.717) is 16.9 Å². The third-order valence-corrected chi connectivity index (χ3v) is 4.17. The summed E-state index contributed by atoms with van der Waals surface area (Å²) in [4.78, 5) is 15.8. The van der Waals surface area contributed by atoms with Crippen LogP contribution < -0.4 is 10.2 Å². The van der Waals surface area contributed by atoms with Crippen LogP contribution in [0.1, 0.15) is 25.0 Å². The molecule has 0 aromatic heterocycles. The number of aliphatic hydroxyl groups is 1. The molecule has 1 fully saturated rings. The maximum Gasteiger partial charge on any atom is 0.257 e. The topological polar surface area (TPSA) is 55.8 Å². The van der Waals surface area contributed by atoms with Gasteiger partial charge in [-0.15, -0.1) is 0 Å². The maximum atomic E-state index is 14.3. The summed E-state index contributed by atoms with van der Waals surface area (Å²) >= 11 is 0. The highest BCUT2D eigenvalue weighted by atomic mass is 19.1. The molecule has 1 saturated heterocycles. The summed E-state index contributed by atoms with van der Waals surface area (Å²) in [6, 6.07) is 2.90. The Kier molecular flexibility index (Phi) is 3.82. The lowest BCUT2D eigenvalue weighted by Gasteiger charge is -2.36. The lowest BCUT2D eigenvalue weighted by molar-refractivity contribution is -0.123. The Bertz CT molecular complexity index is 556. The molecule has 1 aromatic carbocycles. The van der Waals surface area contributed by atoms with Crippen molar-refractivity contribution in [2.75, 3.05) is 42.9 Å². The van der Waals surface area contributed by atoms with Gasteiger partial charge >= 0.3 is 0 Å². The molecule has 3 rings (SSSR count). The quantitative estimate of drug-likeness (QED) is 0.883. The van der Waals surface area contributed by atoms with Gasteiger partial charge in [-0.3, -0.25) is 9.69 Å². The van der Waals surface area contributed by atoms with Crippen LogP contribution in [0.25, 0.3) is 0 Å². The van der Waals surface area contributed by atoms with Crippen LogP contribution in [0.4, 0.5) is 15.8 Å². The number of hydrogen-bond acceptors (Lipinski definition) is 4. The molecule has 1 atom stereocenters. The highest BCUT2D eigenvalue weighted by molar-refractivity contribution is 6.02. The minimum Gasteiger partial charge on any atom is -0.378 e. The number of rotatable bonds is 3. The molecule has 0 radical (unpaired) electrons. The molecule has 0 spiro atoms. The molecule has 1 amide bonds. The van der Waals surface area contributed by atoms with Crippen molar-refractivity contribution in [2.24, 2.45) is 0 Å². The van der Waals surface area contributed by atoms with E-state index in [4.69, 9.17) is 0 Å². The second-order valence-corrected chi connectivity index (χ2v) is 5.61.